The van der Waals surface area contributed by atoms with Gasteiger partial charge >= 0.3 is 11.9 Å². The molecule has 268 valence electrons. The molecule has 0 atom stereocenters. The van der Waals surface area contributed by atoms with Crippen LogP contribution in [0.1, 0.15) is 206 Å². The van der Waals surface area contributed by atoms with Crippen LogP contribution in [0.5, 0.6) is 0 Å². The molecule has 0 rings (SSSR count). The maximum atomic E-state index is 12.2. The van der Waals surface area contributed by atoms with Crippen LogP contribution in [0.2, 0.25) is 0 Å². The average Bonchev–Trinajstić information content (AvgIpc) is 3.06. The molecule has 4 nitrogen and oxygen atoms in total. The number of rotatable bonds is 36. The van der Waals surface area contributed by atoms with Gasteiger partial charge in [0.25, 0.3) is 0 Å². The molecule has 46 heavy (non-hydrogen) atoms. The van der Waals surface area contributed by atoms with Crippen molar-refractivity contribution in [3.63, 3.8) is 0 Å². The van der Waals surface area contributed by atoms with Crippen LogP contribution in [-0.4, -0.2) is 25.2 Å². The van der Waals surface area contributed by atoms with Crippen molar-refractivity contribution in [3.8, 4) is 0 Å². The molecule has 0 bridgehead atoms. The largest absolute Gasteiger partial charge is 0.466 e. The van der Waals surface area contributed by atoms with Crippen molar-refractivity contribution in [1.82, 2.24) is 0 Å². The predicted octanol–water partition coefficient (Wildman–Crippen LogP) is 13.5. The van der Waals surface area contributed by atoms with Crippen molar-refractivity contribution in [1.29, 1.82) is 0 Å². The molecular weight excluding hydrogens is 568 g/mol. The van der Waals surface area contributed by atoms with E-state index >= 15 is 0 Å². The lowest BCUT2D eigenvalue weighted by atomic mass is 10.1. The van der Waals surface area contributed by atoms with Crippen LogP contribution in [-0.2, 0) is 19.1 Å². The Hall–Kier alpha value is -1.84. The summed E-state index contributed by atoms with van der Waals surface area (Å²) in [6, 6.07) is 0. The number of carbonyl (C=O) groups is 2. The van der Waals surface area contributed by atoms with Gasteiger partial charge in [-0.1, -0.05) is 160 Å². The van der Waals surface area contributed by atoms with Gasteiger partial charge in [0.05, 0.1) is 13.2 Å². The molecule has 0 spiro atoms. The third-order valence-corrected chi connectivity index (χ3v) is 8.73. The highest BCUT2D eigenvalue weighted by atomic mass is 16.5. The maximum Gasteiger partial charge on any atom is 0.333 e. The van der Waals surface area contributed by atoms with Gasteiger partial charge in [0.15, 0.2) is 0 Å². The summed E-state index contributed by atoms with van der Waals surface area (Å²) in [6.45, 7) is 9.24. The van der Waals surface area contributed by atoms with E-state index in [0.29, 0.717) is 25.2 Å². The zero-order chi connectivity index (χ0) is 33.6. The number of hydrogen-bond donors (Lipinski definition) is 0. The first-order chi connectivity index (χ1) is 22.6. The van der Waals surface area contributed by atoms with Gasteiger partial charge < -0.3 is 9.47 Å². The Morgan fingerprint density at radius 3 is 1.15 bits per heavy atom. The first kappa shape index (κ1) is 44.2. The van der Waals surface area contributed by atoms with E-state index in [-0.39, 0.29) is 18.4 Å². The van der Waals surface area contributed by atoms with E-state index in [1.54, 1.807) is 0 Å². The quantitative estimate of drug-likeness (QED) is 0.0295. The van der Waals surface area contributed by atoms with E-state index in [4.69, 9.17) is 9.47 Å². The number of carbonyl (C=O) groups excluding carboxylic acids is 2. The van der Waals surface area contributed by atoms with Crippen molar-refractivity contribution in [2.24, 2.45) is 0 Å². The zero-order valence-electron chi connectivity index (χ0n) is 30.8. The predicted molar refractivity (Wildman–Crippen MR) is 199 cm³/mol. The fourth-order valence-electron chi connectivity index (χ4n) is 5.58. The maximum absolute atomic E-state index is 12.2. The summed E-state index contributed by atoms with van der Waals surface area (Å²) in [5.41, 5.74) is 0.360. The Bertz CT molecular complexity index is 738. The van der Waals surface area contributed by atoms with Crippen LogP contribution >= 0.6 is 0 Å². The second kappa shape index (κ2) is 37.6. The normalized spacial score (nSPS) is 11.5. The van der Waals surface area contributed by atoms with Gasteiger partial charge in [-0.2, -0.15) is 0 Å². The van der Waals surface area contributed by atoms with E-state index in [1.807, 2.05) is 0 Å². The Kier molecular flexibility index (Phi) is 36.1. The van der Waals surface area contributed by atoms with Crippen LogP contribution < -0.4 is 0 Å². The van der Waals surface area contributed by atoms with Crippen molar-refractivity contribution < 1.29 is 19.1 Å². The second-order valence-corrected chi connectivity index (χ2v) is 13.3. The van der Waals surface area contributed by atoms with Crippen LogP contribution in [0.4, 0.5) is 0 Å². The Balaban J connectivity index is 3.45. The molecule has 0 aliphatic heterocycles. The van der Waals surface area contributed by atoms with Gasteiger partial charge in [-0.25, -0.2) is 4.79 Å². The highest BCUT2D eigenvalue weighted by Crippen LogP contribution is 2.13. The van der Waals surface area contributed by atoms with Gasteiger partial charge in [0, 0.05) is 12.0 Å². The molecule has 0 unspecified atom stereocenters. The molecule has 0 amide bonds. The number of unbranched alkanes of at least 4 members (excludes halogenated alkanes) is 24. The number of hydrogen-bond acceptors (Lipinski definition) is 4. The van der Waals surface area contributed by atoms with E-state index in [2.05, 4.69) is 44.7 Å². The number of allylic oxidation sites excluding steroid dienone is 4. The van der Waals surface area contributed by atoms with Gasteiger partial charge in [0.1, 0.15) is 0 Å². The number of esters is 2. The molecule has 0 saturated heterocycles. The first-order valence-electron chi connectivity index (χ1n) is 19.9. The first-order valence-corrected chi connectivity index (χ1v) is 19.9. The smallest absolute Gasteiger partial charge is 0.333 e. The molecule has 0 heterocycles. The summed E-state index contributed by atoms with van der Waals surface area (Å²) < 4.78 is 10.7. The fraction of sp³-hybridized carbons (Fsp3) is 0.810. The minimum absolute atomic E-state index is 0.189. The van der Waals surface area contributed by atoms with Crippen molar-refractivity contribution in [3.05, 3.63) is 36.5 Å². The lowest BCUT2D eigenvalue weighted by Gasteiger charge is -2.08. The zero-order valence-corrected chi connectivity index (χ0v) is 30.8. The standard InChI is InChI=1S/C42H76O4/c1-4-6-8-10-12-14-16-18-20-22-24-26-28-30-32-34-38-45-41(43)37-36-40(3)42(44)46-39-35-33-31-29-27-25-23-21-19-17-15-13-11-9-7-5-2/h18-21H,3-17,22-39H2,1-2H3/b20-18-,21-19-. The summed E-state index contributed by atoms with van der Waals surface area (Å²) in [5.74, 6) is -0.635. The van der Waals surface area contributed by atoms with Gasteiger partial charge in [0.2, 0.25) is 0 Å². The third kappa shape index (κ3) is 35.0. The molecule has 4 heteroatoms. The van der Waals surface area contributed by atoms with Crippen LogP contribution in [0.25, 0.3) is 0 Å². The molecule has 0 aromatic carbocycles. The summed E-state index contributed by atoms with van der Waals surface area (Å²) >= 11 is 0. The molecule has 0 fully saturated rings. The highest BCUT2D eigenvalue weighted by molar-refractivity contribution is 5.88. The topological polar surface area (TPSA) is 52.6 Å². The van der Waals surface area contributed by atoms with Gasteiger partial charge in [-0.05, 0) is 70.6 Å². The SMILES string of the molecule is C=C(CCC(=O)OCCCCCCCC/C=C\CCCCCCCC)C(=O)OCCCCCCCC/C=C\CCCCCCCC. The lowest BCUT2D eigenvalue weighted by molar-refractivity contribution is -0.143. The molecule has 0 saturated carbocycles. The molecule has 0 aromatic rings. The van der Waals surface area contributed by atoms with E-state index in [0.717, 1.165) is 25.7 Å². The summed E-state index contributed by atoms with van der Waals surface area (Å²) in [6.07, 6.45) is 45.2. The minimum Gasteiger partial charge on any atom is -0.466 e. The molecular formula is C42H76O4. The Labute approximate surface area is 286 Å². The van der Waals surface area contributed by atoms with Crippen LogP contribution in [0.15, 0.2) is 36.5 Å². The molecule has 0 N–H and O–H groups in total. The lowest BCUT2D eigenvalue weighted by Crippen LogP contribution is -2.11. The van der Waals surface area contributed by atoms with E-state index in [9.17, 15) is 9.59 Å². The monoisotopic (exact) mass is 645 g/mol. The van der Waals surface area contributed by atoms with E-state index in [1.165, 1.54) is 154 Å². The van der Waals surface area contributed by atoms with E-state index < -0.39 is 0 Å². The van der Waals surface area contributed by atoms with Crippen molar-refractivity contribution in [2.45, 2.75) is 206 Å². The summed E-state index contributed by atoms with van der Waals surface area (Å²) in [7, 11) is 0. The average molecular weight is 645 g/mol. The molecule has 0 aliphatic carbocycles. The fourth-order valence-corrected chi connectivity index (χ4v) is 5.58. The van der Waals surface area contributed by atoms with Gasteiger partial charge in [-0.3, -0.25) is 4.79 Å². The van der Waals surface area contributed by atoms with Crippen molar-refractivity contribution >= 4 is 11.9 Å². The van der Waals surface area contributed by atoms with Crippen molar-refractivity contribution in [2.75, 3.05) is 13.2 Å². The Morgan fingerprint density at radius 2 is 0.761 bits per heavy atom. The second-order valence-electron chi connectivity index (χ2n) is 13.3. The van der Waals surface area contributed by atoms with Crippen LogP contribution in [0, 0.1) is 0 Å². The molecule has 0 radical (unpaired) electrons. The Morgan fingerprint density at radius 1 is 0.435 bits per heavy atom. The summed E-state index contributed by atoms with van der Waals surface area (Å²) in [5, 5.41) is 0. The summed E-state index contributed by atoms with van der Waals surface area (Å²) in [4.78, 5) is 24.2. The number of ether oxygens (including phenoxy) is 2. The molecule has 0 aliphatic rings. The third-order valence-electron chi connectivity index (χ3n) is 8.73. The highest BCUT2D eigenvalue weighted by Gasteiger charge is 2.11. The minimum atomic E-state index is -0.381. The van der Waals surface area contributed by atoms with Crippen LogP contribution in [0.3, 0.4) is 0 Å². The van der Waals surface area contributed by atoms with Gasteiger partial charge in [-0.15, -0.1) is 0 Å². The molecule has 0 aromatic heterocycles.